The average Bonchev–Trinajstić information content (AvgIpc) is 2.30. The fourth-order valence-electron chi connectivity index (χ4n) is 1.97. The summed E-state index contributed by atoms with van der Waals surface area (Å²) in [6, 6.07) is 0.393. The van der Waals surface area contributed by atoms with Gasteiger partial charge in [0.2, 0.25) is 0 Å². The van der Waals surface area contributed by atoms with E-state index in [-0.39, 0.29) is 0 Å². The van der Waals surface area contributed by atoms with Crippen molar-refractivity contribution < 1.29 is 4.74 Å². The summed E-state index contributed by atoms with van der Waals surface area (Å²) in [6.45, 7) is 5.26. The van der Waals surface area contributed by atoms with Crippen LogP contribution in [0.4, 0.5) is 0 Å². The van der Waals surface area contributed by atoms with Crippen LogP contribution in [0.25, 0.3) is 0 Å². The normalized spacial score (nSPS) is 22.9. The highest BCUT2D eigenvalue weighted by Gasteiger charge is 2.22. The predicted octanol–water partition coefficient (Wildman–Crippen LogP) is 0.743. The quantitative estimate of drug-likeness (QED) is 0.520. The summed E-state index contributed by atoms with van der Waals surface area (Å²) in [4.78, 5) is 0. The molecule has 3 heteroatoms. The Morgan fingerprint density at radius 3 is 3.07 bits per heavy atom. The molecule has 1 aliphatic heterocycles. The molecule has 1 fully saturated rings. The molecule has 3 N–H and O–H groups in total. The van der Waals surface area contributed by atoms with Crippen LogP contribution in [-0.4, -0.2) is 32.3 Å². The van der Waals surface area contributed by atoms with Crippen molar-refractivity contribution in [2.75, 3.05) is 26.3 Å². The van der Waals surface area contributed by atoms with E-state index in [0.29, 0.717) is 18.5 Å². The molecule has 86 valence electrons. The lowest BCUT2D eigenvalue weighted by molar-refractivity contribution is 0.0407. The number of hydrogen-bond donors (Lipinski definition) is 2. The van der Waals surface area contributed by atoms with E-state index in [9.17, 15) is 0 Å². The van der Waals surface area contributed by atoms with E-state index in [2.05, 4.69) is 17.2 Å². The zero-order valence-corrected chi connectivity index (χ0v) is 9.59. The predicted molar refractivity (Wildman–Crippen MR) is 62.5 cm³/mol. The third kappa shape index (κ3) is 4.65. The van der Waals surface area contributed by atoms with E-state index >= 15 is 0 Å². The van der Waals surface area contributed by atoms with Crippen molar-refractivity contribution in [1.82, 2.24) is 5.32 Å². The van der Waals surface area contributed by atoms with Gasteiger partial charge in [0.15, 0.2) is 0 Å². The van der Waals surface area contributed by atoms with Gasteiger partial charge in [-0.2, -0.15) is 0 Å². The molecule has 0 aliphatic carbocycles. The number of nitrogens with two attached hydrogens (primary N) is 1. The first-order chi connectivity index (χ1) is 7.38. The molecule has 0 aromatic heterocycles. The molecule has 2 unspecified atom stereocenters. The summed E-state index contributed by atoms with van der Waals surface area (Å²) in [5.74, 6) is 6.52. The van der Waals surface area contributed by atoms with Crippen molar-refractivity contribution in [3.8, 4) is 11.8 Å². The molecule has 0 radical (unpaired) electrons. The minimum atomic E-state index is 0.393. The van der Waals surface area contributed by atoms with E-state index in [1.54, 1.807) is 0 Å². The molecule has 15 heavy (non-hydrogen) atoms. The number of hydrogen-bond acceptors (Lipinski definition) is 3. The van der Waals surface area contributed by atoms with Gasteiger partial charge in [-0.3, -0.25) is 0 Å². The topological polar surface area (TPSA) is 47.3 Å². The van der Waals surface area contributed by atoms with Crippen molar-refractivity contribution in [3.63, 3.8) is 0 Å². The van der Waals surface area contributed by atoms with E-state index in [1.807, 2.05) is 6.92 Å². The maximum Gasteiger partial charge on any atom is 0.0509 e. The third-order valence-electron chi connectivity index (χ3n) is 2.85. The monoisotopic (exact) mass is 210 g/mol. The molecule has 1 rings (SSSR count). The lowest BCUT2D eigenvalue weighted by Crippen LogP contribution is -2.45. The van der Waals surface area contributed by atoms with E-state index in [0.717, 1.165) is 32.6 Å². The molecule has 0 amide bonds. The Labute approximate surface area is 92.8 Å². The molecule has 1 saturated heterocycles. The van der Waals surface area contributed by atoms with Crippen molar-refractivity contribution in [3.05, 3.63) is 0 Å². The molecule has 0 aromatic carbocycles. The Morgan fingerprint density at radius 2 is 2.47 bits per heavy atom. The number of rotatable bonds is 5. The maximum absolute atomic E-state index is 5.76. The molecule has 0 spiro atoms. The zero-order valence-electron chi connectivity index (χ0n) is 9.59. The zero-order chi connectivity index (χ0) is 10.9. The van der Waals surface area contributed by atoms with Crippen LogP contribution in [0.15, 0.2) is 0 Å². The first kappa shape index (κ1) is 12.5. The van der Waals surface area contributed by atoms with Gasteiger partial charge in [-0.1, -0.05) is 0 Å². The summed E-state index contributed by atoms with van der Waals surface area (Å²) in [7, 11) is 0. The SMILES string of the molecule is CC#CCCNC(CN)C1CCCOC1. The Kier molecular flexibility index (Phi) is 6.42. The molecule has 1 heterocycles. The number of ether oxygens (including phenoxy) is 1. The molecule has 1 aliphatic rings. The van der Waals surface area contributed by atoms with Crippen molar-refractivity contribution >= 4 is 0 Å². The van der Waals surface area contributed by atoms with Gasteiger partial charge < -0.3 is 15.8 Å². The van der Waals surface area contributed by atoms with Gasteiger partial charge in [0.1, 0.15) is 0 Å². The highest BCUT2D eigenvalue weighted by atomic mass is 16.5. The molecule has 0 aromatic rings. The minimum Gasteiger partial charge on any atom is -0.381 e. The van der Waals surface area contributed by atoms with Crippen LogP contribution < -0.4 is 11.1 Å². The second-order valence-electron chi connectivity index (χ2n) is 3.95. The maximum atomic E-state index is 5.76. The Hall–Kier alpha value is -0.560. The van der Waals surface area contributed by atoms with E-state index in [1.165, 1.54) is 6.42 Å². The summed E-state index contributed by atoms with van der Waals surface area (Å²) in [5, 5.41) is 3.47. The summed E-state index contributed by atoms with van der Waals surface area (Å²) < 4.78 is 5.47. The van der Waals surface area contributed by atoms with Gasteiger partial charge in [0, 0.05) is 32.2 Å². The molecular formula is C12H22N2O. The Balaban J connectivity index is 2.23. The van der Waals surface area contributed by atoms with Crippen LogP contribution in [0.2, 0.25) is 0 Å². The van der Waals surface area contributed by atoms with Crippen LogP contribution >= 0.6 is 0 Å². The summed E-state index contributed by atoms with van der Waals surface area (Å²) >= 11 is 0. The molecule has 2 atom stereocenters. The summed E-state index contributed by atoms with van der Waals surface area (Å²) in [6.07, 6.45) is 3.30. The Morgan fingerprint density at radius 1 is 1.60 bits per heavy atom. The highest BCUT2D eigenvalue weighted by Crippen LogP contribution is 2.16. The molecule has 0 saturated carbocycles. The van der Waals surface area contributed by atoms with E-state index in [4.69, 9.17) is 10.5 Å². The Bertz CT molecular complexity index is 213. The van der Waals surface area contributed by atoms with Crippen molar-refractivity contribution in [1.29, 1.82) is 0 Å². The second-order valence-corrected chi connectivity index (χ2v) is 3.95. The molecule has 0 bridgehead atoms. The fourth-order valence-corrected chi connectivity index (χ4v) is 1.97. The largest absolute Gasteiger partial charge is 0.381 e. The minimum absolute atomic E-state index is 0.393. The second kappa shape index (κ2) is 7.70. The first-order valence-electron chi connectivity index (χ1n) is 5.79. The molecular weight excluding hydrogens is 188 g/mol. The van der Waals surface area contributed by atoms with Crippen molar-refractivity contribution in [2.24, 2.45) is 11.7 Å². The first-order valence-corrected chi connectivity index (χ1v) is 5.79. The lowest BCUT2D eigenvalue weighted by Gasteiger charge is -2.30. The third-order valence-corrected chi connectivity index (χ3v) is 2.85. The summed E-state index contributed by atoms with van der Waals surface area (Å²) in [5.41, 5.74) is 5.76. The lowest BCUT2D eigenvalue weighted by atomic mass is 9.93. The van der Waals surface area contributed by atoms with Gasteiger partial charge in [0.05, 0.1) is 6.61 Å². The molecule has 3 nitrogen and oxygen atoms in total. The van der Waals surface area contributed by atoms with Crippen molar-refractivity contribution in [2.45, 2.75) is 32.2 Å². The van der Waals surface area contributed by atoms with Crippen LogP contribution in [0.5, 0.6) is 0 Å². The van der Waals surface area contributed by atoms with Crippen LogP contribution in [0.3, 0.4) is 0 Å². The number of nitrogens with one attached hydrogen (secondary N) is 1. The van der Waals surface area contributed by atoms with Gasteiger partial charge in [-0.25, -0.2) is 0 Å². The van der Waals surface area contributed by atoms with Crippen LogP contribution in [0, 0.1) is 17.8 Å². The standard InChI is InChI=1S/C12H22N2O/c1-2-3-4-7-14-12(9-13)11-6-5-8-15-10-11/h11-12,14H,4-10,13H2,1H3. The van der Waals surface area contributed by atoms with Gasteiger partial charge in [-0.05, 0) is 25.7 Å². The van der Waals surface area contributed by atoms with E-state index < -0.39 is 0 Å². The van der Waals surface area contributed by atoms with Crippen LogP contribution in [-0.2, 0) is 4.74 Å². The highest BCUT2D eigenvalue weighted by molar-refractivity contribution is 4.95. The smallest absolute Gasteiger partial charge is 0.0509 e. The van der Waals surface area contributed by atoms with Gasteiger partial charge >= 0.3 is 0 Å². The van der Waals surface area contributed by atoms with Gasteiger partial charge in [-0.15, -0.1) is 11.8 Å². The van der Waals surface area contributed by atoms with Crippen LogP contribution in [0.1, 0.15) is 26.2 Å². The fraction of sp³-hybridized carbons (Fsp3) is 0.833. The van der Waals surface area contributed by atoms with Gasteiger partial charge in [0.25, 0.3) is 0 Å². The average molecular weight is 210 g/mol.